The minimum Gasteiger partial charge on any atom is -0.455 e. The van der Waals surface area contributed by atoms with Gasteiger partial charge in [0, 0.05) is 17.0 Å². The van der Waals surface area contributed by atoms with Crippen LogP contribution in [-0.2, 0) is 7.05 Å². The summed E-state index contributed by atoms with van der Waals surface area (Å²) in [4.78, 5) is 0. The molecule has 0 bridgehead atoms. The van der Waals surface area contributed by atoms with Crippen LogP contribution in [0.15, 0.2) is 54.7 Å². The van der Waals surface area contributed by atoms with Crippen molar-refractivity contribution < 1.29 is 13.7 Å². The predicted octanol–water partition coefficient (Wildman–Crippen LogP) is 6.81. The molecular formula is C27H21FNO+. The second-order valence-corrected chi connectivity index (χ2v) is 8.36. The van der Waals surface area contributed by atoms with Gasteiger partial charge < -0.3 is 4.74 Å². The Balaban J connectivity index is 1.87. The van der Waals surface area contributed by atoms with Crippen LogP contribution in [0.1, 0.15) is 16.7 Å². The van der Waals surface area contributed by atoms with E-state index in [2.05, 4.69) is 62.8 Å². The fourth-order valence-electron chi connectivity index (χ4n) is 5.21. The summed E-state index contributed by atoms with van der Waals surface area (Å²) in [6, 6.07) is 15.5. The van der Waals surface area contributed by atoms with Crippen LogP contribution < -0.4 is 9.30 Å². The third-order valence-corrected chi connectivity index (χ3v) is 6.61. The number of nitrogens with zero attached hydrogens (tertiary/aromatic N) is 1. The van der Waals surface area contributed by atoms with Gasteiger partial charge in [0.25, 0.3) is 0 Å². The Morgan fingerprint density at radius 3 is 2.50 bits per heavy atom. The Kier molecular flexibility index (Phi) is 3.36. The van der Waals surface area contributed by atoms with E-state index in [1.54, 1.807) is 6.07 Å². The quantitative estimate of drug-likeness (QED) is 0.204. The summed E-state index contributed by atoms with van der Waals surface area (Å²) in [6.45, 7) is 6.48. The summed E-state index contributed by atoms with van der Waals surface area (Å²) < 4.78 is 22.8. The van der Waals surface area contributed by atoms with Crippen molar-refractivity contribution in [2.24, 2.45) is 7.05 Å². The molecule has 2 nitrogen and oxygen atoms in total. The van der Waals surface area contributed by atoms with Crippen molar-refractivity contribution in [2.45, 2.75) is 20.8 Å². The number of aryl methyl sites for hydroxylation is 4. The van der Waals surface area contributed by atoms with Gasteiger partial charge >= 0.3 is 0 Å². The molecule has 1 aliphatic rings. The van der Waals surface area contributed by atoms with Crippen molar-refractivity contribution in [2.75, 3.05) is 0 Å². The van der Waals surface area contributed by atoms with E-state index in [1.165, 1.54) is 28.0 Å². The van der Waals surface area contributed by atoms with E-state index in [0.717, 1.165) is 49.9 Å². The first-order valence-corrected chi connectivity index (χ1v) is 10.2. The summed E-state index contributed by atoms with van der Waals surface area (Å²) in [7, 11) is 2.07. The van der Waals surface area contributed by atoms with Crippen LogP contribution in [0.4, 0.5) is 4.39 Å². The lowest BCUT2D eigenvalue weighted by Crippen LogP contribution is -2.32. The lowest BCUT2D eigenvalue weighted by Gasteiger charge is -2.25. The van der Waals surface area contributed by atoms with E-state index < -0.39 is 0 Å². The minimum absolute atomic E-state index is 0.224. The third kappa shape index (κ3) is 2.10. The molecule has 146 valence electrons. The second-order valence-electron chi connectivity index (χ2n) is 8.36. The highest BCUT2D eigenvalue weighted by Crippen LogP contribution is 2.51. The Bertz CT molecular complexity index is 1570. The van der Waals surface area contributed by atoms with Crippen LogP contribution in [0.25, 0.3) is 43.6 Å². The lowest BCUT2D eigenvalue weighted by molar-refractivity contribution is -0.659. The molecule has 6 rings (SSSR count). The SMILES string of the molecule is Cc1c2c(c(C)c3c(C)cccc13)Oc1cc3ccc(F)cc3c3cc[n+](C)c-2c13. The van der Waals surface area contributed by atoms with Gasteiger partial charge in [-0.3, -0.25) is 0 Å². The van der Waals surface area contributed by atoms with Crippen molar-refractivity contribution in [3.63, 3.8) is 0 Å². The minimum atomic E-state index is -0.224. The predicted molar refractivity (Wildman–Crippen MR) is 120 cm³/mol. The number of hydrogen-bond acceptors (Lipinski definition) is 1. The maximum atomic E-state index is 14.1. The van der Waals surface area contributed by atoms with Gasteiger partial charge in [-0.25, -0.2) is 8.96 Å². The van der Waals surface area contributed by atoms with Gasteiger partial charge in [-0.05, 0) is 71.6 Å². The molecule has 0 saturated carbocycles. The topological polar surface area (TPSA) is 13.1 Å². The first kappa shape index (κ1) is 17.4. The Morgan fingerprint density at radius 1 is 0.833 bits per heavy atom. The van der Waals surface area contributed by atoms with Crippen molar-refractivity contribution in [1.82, 2.24) is 0 Å². The highest BCUT2D eigenvalue weighted by atomic mass is 19.1. The highest BCUT2D eigenvalue weighted by Gasteiger charge is 2.32. The molecule has 0 N–H and O–H groups in total. The van der Waals surface area contributed by atoms with Crippen molar-refractivity contribution in [3.05, 3.63) is 77.2 Å². The molecule has 1 aliphatic heterocycles. The molecule has 0 atom stereocenters. The van der Waals surface area contributed by atoms with Gasteiger partial charge in [0.15, 0.2) is 6.20 Å². The number of fused-ring (bicyclic) bond motifs is 5. The zero-order chi connectivity index (χ0) is 20.7. The molecule has 1 aromatic heterocycles. The van der Waals surface area contributed by atoms with Crippen LogP contribution in [-0.4, -0.2) is 0 Å². The van der Waals surface area contributed by atoms with E-state index in [0.29, 0.717) is 0 Å². The van der Waals surface area contributed by atoms with Crippen LogP contribution in [0.5, 0.6) is 11.5 Å². The van der Waals surface area contributed by atoms with Gasteiger partial charge in [0.05, 0.1) is 10.9 Å². The number of pyridine rings is 1. The summed E-state index contributed by atoms with van der Waals surface area (Å²) in [5.41, 5.74) is 5.87. The first-order valence-electron chi connectivity index (χ1n) is 10.2. The first-order chi connectivity index (χ1) is 14.5. The zero-order valence-corrected chi connectivity index (χ0v) is 17.4. The van der Waals surface area contributed by atoms with Gasteiger partial charge in [0.2, 0.25) is 5.69 Å². The molecule has 2 heterocycles. The molecule has 0 spiro atoms. The standard InChI is InChI=1S/C27H21FNO/c1-14-6-5-7-19-15(2)24-26-25-20(10-11-29(26)4)21-13-18(28)9-8-17(21)12-22(25)30-27(24)16(3)23(14)19/h5-13H,1-4H3/q+1. The highest BCUT2D eigenvalue weighted by molar-refractivity contribution is 6.16. The normalized spacial score (nSPS) is 12.4. The smallest absolute Gasteiger partial charge is 0.228 e. The number of ether oxygens (including phenoxy) is 1. The van der Waals surface area contributed by atoms with Crippen molar-refractivity contribution in [1.29, 1.82) is 0 Å². The van der Waals surface area contributed by atoms with Crippen LogP contribution >= 0.6 is 0 Å². The summed E-state index contributed by atoms with van der Waals surface area (Å²) >= 11 is 0. The average Bonchev–Trinajstić information content (AvgIpc) is 2.73. The number of aromatic nitrogens is 1. The fourth-order valence-corrected chi connectivity index (χ4v) is 5.21. The van der Waals surface area contributed by atoms with E-state index in [4.69, 9.17) is 4.74 Å². The Morgan fingerprint density at radius 2 is 1.67 bits per heavy atom. The molecule has 0 unspecified atom stereocenters. The summed E-state index contributed by atoms with van der Waals surface area (Å²) in [6.07, 6.45) is 2.07. The maximum absolute atomic E-state index is 14.1. The molecule has 0 amide bonds. The van der Waals surface area contributed by atoms with E-state index in [1.807, 2.05) is 12.1 Å². The molecular weight excluding hydrogens is 373 g/mol. The second kappa shape index (κ2) is 5.79. The number of halogens is 1. The third-order valence-electron chi connectivity index (χ3n) is 6.61. The van der Waals surface area contributed by atoms with Gasteiger partial charge in [-0.15, -0.1) is 0 Å². The largest absolute Gasteiger partial charge is 0.455 e. The van der Waals surface area contributed by atoms with Crippen molar-refractivity contribution >= 4 is 32.3 Å². The van der Waals surface area contributed by atoms with E-state index in [9.17, 15) is 4.39 Å². The molecule has 0 radical (unpaired) electrons. The summed E-state index contributed by atoms with van der Waals surface area (Å²) in [5.74, 6) is 1.53. The van der Waals surface area contributed by atoms with Gasteiger partial charge in [0.1, 0.15) is 24.4 Å². The van der Waals surface area contributed by atoms with E-state index >= 15 is 0 Å². The average molecular weight is 394 g/mol. The Labute approximate surface area is 174 Å². The van der Waals surface area contributed by atoms with Crippen molar-refractivity contribution in [3.8, 4) is 22.8 Å². The molecule has 0 saturated heterocycles. The van der Waals surface area contributed by atoms with Crippen LogP contribution in [0, 0.1) is 26.6 Å². The molecule has 3 heteroatoms. The number of hydrogen-bond donors (Lipinski definition) is 0. The van der Waals surface area contributed by atoms with E-state index in [-0.39, 0.29) is 5.82 Å². The number of benzene rings is 4. The molecule has 0 aliphatic carbocycles. The maximum Gasteiger partial charge on any atom is 0.228 e. The van der Waals surface area contributed by atoms with Gasteiger partial charge in [-0.2, -0.15) is 0 Å². The Hall–Kier alpha value is -3.46. The molecule has 0 fully saturated rings. The monoisotopic (exact) mass is 394 g/mol. The van der Waals surface area contributed by atoms with Crippen LogP contribution in [0.3, 0.4) is 0 Å². The molecule has 4 aromatic carbocycles. The number of rotatable bonds is 0. The molecule has 30 heavy (non-hydrogen) atoms. The zero-order valence-electron chi connectivity index (χ0n) is 17.4. The molecule has 5 aromatic rings. The van der Waals surface area contributed by atoms with Gasteiger partial charge in [-0.1, -0.05) is 24.3 Å². The summed E-state index contributed by atoms with van der Waals surface area (Å²) in [5, 5.41) is 6.46. The lowest BCUT2D eigenvalue weighted by atomic mass is 9.87. The van der Waals surface area contributed by atoms with Crippen LogP contribution in [0.2, 0.25) is 0 Å². The fraction of sp³-hybridized carbons (Fsp3) is 0.148.